The molecule has 1 unspecified atom stereocenters. The minimum Gasteiger partial charge on any atom is -0.313 e. The van der Waals surface area contributed by atoms with Crippen molar-refractivity contribution < 1.29 is 4.79 Å². The van der Waals surface area contributed by atoms with E-state index in [1.807, 2.05) is 49.4 Å². The Balaban J connectivity index is 0.000000160. The molecule has 3 heterocycles. The highest BCUT2D eigenvalue weighted by atomic mass is 32.2. The number of aryl methyl sites for hydroxylation is 1. The van der Waals surface area contributed by atoms with Crippen molar-refractivity contribution in [2.24, 2.45) is 4.99 Å². The van der Waals surface area contributed by atoms with Gasteiger partial charge in [-0.1, -0.05) is 18.2 Å². The molecule has 1 aromatic carbocycles. The average molecular weight is 297 g/mol. The van der Waals surface area contributed by atoms with E-state index in [1.165, 1.54) is 0 Å². The fourth-order valence-electron chi connectivity index (χ4n) is 2.12. The molecule has 2 aliphatic rings. The van der Waals surface area contributed by atoms with Crippen LogP contribution < -0.4 is 5.32 Å². The Hall–Kier alpha value is -2.14. The smallest absolute Gasteiger partial charge is 0.226 e. The second-order valence-corrected chi connectivity index (χ2v) is 6.04. The van der Waals surface area contributed by atoms with Gasteiger partial charge in [-0.25, -0.2) is 4.99 Å². The molecular weight excluding hydrogens is 282 g/mol. The van der Waals surface area contributed by atoms with Gasteiger partial charge in [0, 0.05) is 23.2 Å². The summed E-state index contributed by atoms with van der Waals surface area (Å²) in [6, 6.07) is 13.8. The lowest BCUT2D eigenvalue weighted by Gasteiger charge is -2.16. The summed E-state index contributed by atoms with van der Waals surface area (Å²) in [6.45, 7) is 1.97. The summed E-state index contributed by atoms with van der Waals surface area (Å²) >= 11 is 1.72. The van der Waals surface area contributed by atoms with Gasteiger partial charge in [0.2, 0.25) is 5.91 Å². The molecule has 0 bridgehead atoms. The van der Waals surface area contributed by atoms with E-state index >= 15 is 0 Å². The Morgan fingerprint density at radius 3 is 2.71 bits per heavy atom. The van der Waals surface area contributed by atoms with Crippen LogP contribution in [0.25, 0.3) is 0 Å². The van der Waals surface area contributed by atoms with Crippen molar-refractivity contribution in [3.63, 3.8) is 0 Å². The number of fused-ring (bicyclic) bond motifs is 2. The number of nitrogens with one attached hydrogen (secondary N) is 1. The van der Waals surface area contributed by atoms with E-state index in [-0.39, 0.29) is 11.2 Å². The first kappa shape index (κ1) is 13.8. The monoisotopic (exact) mass is 297 g/mol. The predicted octanol–water partition coefficient (Wildman–Crippen LogP) is 3.10. The van der Waals surface area contributed by atoms with Crippen LogP contribution in [0, 0.1) is 6.92 Å². The highest BCUT2D eigenvalue weighted by molar-refractivity contribution is 8.01. The largest absolute Gasteiger partial charge is 0.313 e. The second kappa shape index (κ2) is 6.10. The van der Waals surface area contributed by atoms with Crippen molar-refractivity contribution >= 4 is 29.2 Å². The van der Waals surface area contributed by atoms with Crippen LogP contribution in [-0.2, 0) is 4.79 Å². The Bertz CT molecular complexity index is 685. The summed E-state index contributed by atoms with van der Waals surface area (Å²) in [7, 11) is 0. The fraction of sp³-hybridized carbons (Fsp3) is 0.188. The molecular formula is C16H15N3OS. The SMILES string of the molecule is Cc1ccccn1.O=C1CC2Sc3ccccc3N=C2N1. The molecule has 1 amide bonds. The van der Waals surface area contributed by atoms with E-state index in [0.717, 1.165) is 22.1 Å². The second-order valence-electron chi connectivity index (χ2n) is 4.79. The molecule has 0 saturated carbocycles. The molecule has 0 aliphatic carbocycles. The third-order valence-corrected chi connectivity index (χ3v) is 4.41. The Labute approximate surface area is 127 Å². The van der Waals surface area contributed by atoms with Crippen LogP contribution in [0.4, 0.5) is 5.69 Å². The topological polar surface area (TPSA) is 54.4 Å². The van der Waals surface area contributed by atoms with E-state index in [0.29, 0.717) is 6.42 Å². The van der Waals surface area contributed by atoms with Gasteiger partial charge in [0.05, 0.1) is 10.9 Å². The zero-order valence-electron chi connectivity index (χ0n) is 11.6. The number of hydrogen-bond acceptors (Lipinski definition) is 4. The number of amidine groups is 1. The van der Waals surface area contributed by atoms with Crippen LogP contribution >= 0.6 is 11.8 Å². The van der Waals surface area contributed by atoms with Gasteiger partial charge in [0.15, 0.2) is 0 Å². The number of hydrogen-bond donors (Lipinski definition) is 1. The van der Waals surface area contributed by atoms with Gasteiger partial charge in [-0.3, -0.25) is 9.78 Å². The molecule has 5 heteroatoms. The molecule has 1 saturated heterocycles. The molecule has 1 fully saturated rings. The first-order chi connectivity index (χ1) is 10.2. The number of benzene rings is 1. The maximum Gasteiger partial charge on any atom is 0.226 e. The van der Waals surface area contributed by atoms with Crippen molar-refractivity contribution in [2.75, 3.05) is 0 Å². The van der Waals surface area contributed by atoms with Crippen molar-refractivity contribution in [1.29, 1.82) is 0 Å². The lowest BCUT2D eigenvalue weighted by Crippen LogP contribution is -2.24. The highest BCUT2D eigenvalue weighted by Gasteiger charge is 2.32. The van der Waals surface area contributed by atoms with Crippen molar-refractivity contribution in [3.05, 3.63) is 54.4 Å². The van der Waals surface area contributed by atoms with E-state index < -0.39 is 0 Å². The third-order valence-electron chi connectivity index (χ3n) is 3.13. The number of amides is 1. The molecule has 21 heavy (non-hydrogen) atoms. The van der Waals surface area contributed by atoms with Gasteiger partial charge in [0.25, 0.3) is 0 Å². The molecule has 2 aromatic rings. The van der Waals surface area contributed by atoms with E-state index in [1.54, 1.807) is 18.0 Å². The van der Waals surface area contributed by atoms with E-state index in [4.69, 9.17) is 0 Å². The minimum atomic E-state index is 0.0778. The predicted molar refractivity (Wildman–Crippen MR) is 84.9 cm³/mol. The molecule has 2 aliphatic heterocycles. The van der Waals surface area contributed by atoms with Crippen molar-refractivity contribution in [2.45, 2.75) is 23.5 Å². The van der Waals surface area contributed by atoms with Gasteiger partial charge < -0.3 is 5.32 Å². The zero-order chi connectivity index (χ0) is 14.7. The van der Waals surface area contributed by atoms with E-state index in [2.05, 4.69) is 15.3 Å². The summed E-state index contributed by atoms with van der Waals surface area (Å²) in [6.07, 6.45) is 2.34. The first-order valence-corrected chi connectivity index (χ1v) is 7.62. The minimum absolute atomic E-state index is 0.0778. The third kappa shape index (κ3) is 3.31. The van der Waals surface area contributed by atoms with Crippen LogP contribution in [0.5, 0.6) is 0 Å². The number of pyridine rings is 1. The van der Waals surface area contributed by atoms with Gasteiger partial charge in [-0.2, -0.15) is 0 Å². The molecule has 4 rings (SSSR count). The average Bonchev–Trinajstić information content (AvgIpc) is 2.85. The molecule has 106 valence electrons. The molecule has 0 spiro atoms. The van der Waals surface area contributed by atoms with Crippen molar-refractivity contribution in [1.82, 2.24) is 10.3 Å². The number of aromatic nitrogens is 1. The highest BCUT2D eigenvalue weighted by Crippen LogP contribution is 2.39. The lowest BCUT2D eigenvalue weighted by molar-refractivity contribution is -0.118. The summed E-state index contributed by atoms with van der Waals surface area (Å²) in [5, 5.41) is 2.99. The Morgan fingerprint density at radius 1 is 1.19 bits per heavy atom. The van der Waals surface area contributed by atoms with Gasteiger partial charge in [-0.15, -0.1) is 11.8 Å². The quantitative estimate of drug-likeness (QED) is 0.813. The Kier molecular flexibility index (Phi) is 4.01. The molecule has 4 nitrogen and oxygen atoms in total. The number of para-hydroxylation sites is 1. The number of thioether (sulfide) groups is 1. The summed E-state index contributed by atoms with van der Waals surface area (Å²) < 4.78 is 0. The van der Waals surface area contributed by atoms with Crippen LogP contribution in [-0.4, -0.2) is 22.0 Å². The van der Waals surface area contributed by atoms with Crippen LogP contribution in [0.3, 0.4) is 0 Å². The molecule has 1 N–H and O–H groups in total. The lowest BCUT2D eigenvalue weighted by atomic mass is 10.3. The van der Waals surface area contributed by atoms with Gasteiger partial charge in [0.1, 0.15) is 5.84 Å². The number of nitrogens with zero attached hydrogens (tertiary/aromatic N) is 2. The first-order valence-electron chi connectivity index (χ1n) is 6.74. The van der Waals surface area contributed by atoms with Crippen molar-refractivity contribution in [3.8, 4) is 0 Å². The molecule has 0 radical (unpaired) electrons. The normalized spacial score (nSPS) is 18.6. The number of aliphatic imine (C=N–C) groups is 1. The maximum atomic E-state index is 11.2. The Morgan fingerprint density at radius 2 is 2.00 bits per heavy atom. The molecule has 1 atom stereocenters. The summed E-state index contributed by atoms with van der Waals surface area (Å²) in [5.74, 6) is 0.896. The van der Waals surface area contributed by atoms with E-state index in [9.17, 15) is 4.79 Å². The van der Waals surface area contributed by atoms with Crippen LogP contribution in [0.1, 0.15) is 12.1 Å². The number of rotatable bonds is 0. The standard InChI is InChI=1S/C10H8N2OS.C6H7N/c13-9-5-8-10(12-9)11-6-3-1-2-4-7(6)14-8;1-6-4-2-3-5-7-6/h1-4,8H,5H2,(H,11,12,13);2-5H,1H3. The zero-order valence-corrected chi connectivity index (χ0v) is 12.4. The molecule has 1 aromatic heterocycles. The van der Waals surface area contributed by atoms with Gasteiger partial charge in [-0.05, 0) is 31.2 Å². The summed E-state index contributed by atoms with van der Waals surface area (Å²) in [4.78, 5) is 20.7. The summed E-state index contributed by atoms with van der Waals surface area (Å²) in [5.41, 5.74) is 2.04. The number of carbonyl (C=O) groups is 1. The van der Waals surface area contributed by atoms with Crippen LogP contribution in [0.15, 0.2) is 58.5 Å². The number of carbonyl (C=O) groups excluding carboxylic acids is 1. The fourth-order valence-corrected chi connectivity index (χ4v) is 3.27. The van der Waals surface area contributed by atoms with Crippen LogP contribution in [0.2, 0.25) is 0 Å². The maximum absolute atomic E-state index is 11.2. The van der Waals surface area contributed by atoms with Gasteiger partial charge >= 0.3 is 0 Å².